The third-order valence-electron chi connectivity index (χ3n) is 4.01. The number of hydrogen-bond donors (Lipinski definition) is 3. The molecule has 4 N–H and O–H groups in total. The first-order chi connectivity index (χ1) is 12.7. The van der Waals surface area contributed by atoms with Crippen LogP contribution in [0.2, 0.25) is 0 Å². The van der Waals surface area contributed by atoms with Crippen molar-refractivity contribution in [2.24, 2.45) is 5.73 Å². The number of hydrogen-bond acceptors (Lipinski definition) is 6. The van der Waals surface area contributed by atoms with Crippen LogP contribution in [-0.2, 0) is 11.3 Å². The largest absolute Gasteiger partial charge is 0.497 e. The molecule has 0 aliphatic rings. The summed E-state index contributed by atoms with van der Waals surface area (Å²) < 4.78 is 12.3. The number of carbonyl (C=O) groups is 1. The molecule has 9 heteroatoms. The standard InChI is InChI=1S/C18H24N4O4S/c1-18(2,10-19)21-16(24)9-22-13(8-15(23)20-17(22)27)12-6-5-11(25-3)7-14(12)26-4/h5-8H,9-10,19H2,1-4H3,(H,21,24)(H,20,23,27). The fourth-order valence-corrected chi connectivity index (χ4v) is 2.79. The number of amides is 1. The predicted molar refractivity (Wildman–Crippen MR) is 106 cm³/mol. The second kappa shape index (κ2) is 8.36. The molecule has 0 radical (unpaired) electrons. The summed E-state index contributed by atoms with van der Waals surface area (Å²) in [6.07, 6.45) is 0. The zero-order valence-electron chi connectivity index (χ0n) is 15.8. The van der Waals surface area contributed by atoms with E-state index < -0.39 is 5.54 Å². The quantitative estimate of drug-likeness (QED) is 0.615. The van der Waals surface area contributed by atoms with Crippen LogP contribution in [0, 0.1) is 4.77 Å². The first kappa shape index (κ1) is 20.7. The molecule has 2 aromatic rings. The molecule has 0 saturated carbocycles. The van der Waals surface area contributed by atoms with Gasteiger partial charge in [-0.3, -0.25) is 14.6 Å². The van der Waals surface area contributed by atoms with Crippen LogP contribution in [0.5, 0.6) is 11.5 Å². The van der Waals surface area contributed by atoms with Crippen LogP contribution in [0.3, 0.4) is 0 Å². The molecule has 0 fully saturated rings. The van der Waals surface area contributed by atoms with Crippen molar-refractivity contribution in [3.8, 4) is 22.8 Å². The van der Waals surface area contributed by atoms with Gasteiger partial charge in [0.1, 0.15) is 18.0 Å². The zero-order valence-corrected chi connectivity index (χ0v) is 16.6. The fourth-order valence-electron chi connectivity index (χ4n) is 2.52. The van der Waals surface area contributed by atoms with Crippen LogP contribution in [-0.4, -0.2) is 41.8 Å². The van der Waals surface area contributed by atoms with Crippen LogP contribution >= 0.6 is 12.2 Å². The molecule has 1 heterocycles. The van der Waals surface area contributed by atoms with E-state index in [0.717, 1.165) is 0 Å². The molecule has 0 spiro atoms. The Morgan fingerprint density at radius 2 is 2.00 bits per heavy atom. The minimum atomic E-state index is -0.556. The number of H-pyrrole nitrogens is 1. The van der Waals surface area contributed by atoms with Crippen molar-refractivity contribution in [2.45, 2.75) is 25.9 Å². The van der Waals surface area contributed by atoms with Crippen LogP contribution in [0.4, 0.5) is 0 Å². The Bertz CT molecular complexity index is 949. The molecule has 1 aromatic carbocycles. The Labute approximate surface area is 162 Å². The van der Waals surface area contributed by atoms with E-state index >= 15 is 0 Å². The summed E-state index contributed by atoms with van der Waals surface area (Å²) >= 11 is 5.28. The van der Waals surface area contributed by atoms with Gasteiger partial charge >= 0.3 is 0 Å². The second-order valence-electron chi connectivity index (χ2n) is 6.61. The van der Waals surface area contributed by atoms with Gasteiger partial charge in [0, 0.05) is 29.8 Å². The highest BCUT2D eigenvalue weighted by Gasteiger charge is 2.20. The molecule has 0 atom stereocenters. The molecule has 0 bridgehead atoms. The highest BCUT2D eigenvalue weighted by Crippen LogP contribution is 2.32. The third-order valence-corrected chi connectivity index (χ3v) is 4.33. The number of rotatable bonds is 7. The van der Waals surface area contributed by atoms with Crippen molar-refractivity contribution in [3.05, 3.63) is 39.4 Å². The van der Waals surface area contributed by atoms with Crippen molar-refractivity contribution in [1.82, 2.24) is 14.9 Å². The van der Waals surface area contributed by atoms with Gasteiger partial charge in [0.25, 0.3) is 5.56 Å². The number of aromatic nitrogens is 2. The van der Waals surface area contributed by atoms with E-state index in [9.17, 15) is 9.59 Å². The highest BCUT2D eigenvalue weighted by atomic mass is 32.1. The van der Waals surface area contributed by atoms with Crippen LogP contribution in [0.25, 0.3) is 11.3 Å². The summed E-state index contributed by atoms with van der Waals surface area (Å²) in [6, 6.07) is 6.56. The molecule has 0 unspecified atom stereocenters. The third kappa shape index (κ3) is 4.95. The number of carbonyl (C=O) groups excluding carboxylic acids is 1. The van der Waals surface area contributed by atoms with Crippen LogP contribution < -0.4 is 26.1 Å². The molecular formula is C18H24N4O4S. The molecule has 146 valence electrons. The van der Waals surface area contributed by atoms with E-state index in [1.807, 2.05) is 13.8 Å². The predicted octanol–water partition coefficient (Wildman–Crippen LogP) is 1.44. The van der Waals surface area contributed by atoms with Crippen LogP contribution in [0.15, 0.2) is 29.1 Å². The van der Waals surface area contributed by atoms with Gasteiger partial charge in [-0.2, -0.15) is 0 Å². The number of nitrogens with zero attached hydrogens (tertiary/aromatic N) is 1. The molecule has 0 aliphatic carbocycles. The van der Waals surface area contributed by atoms with Gasteiger partial charge < -0.3 is 25.1 Å². The summed E-state index contributed by atoms with van der Waals surface area (Å²) in [5.74, 6) is 0.821. The minimum Gasteiger partial charge on any atom is -0.497 e. The second-order valence-corrected chi connectivity index (χ2v) is 7.00. The van der Waals surface area contributed by atoms with Gasteiger partial charge in [0.2, 0.25) is 5.91 Å². The first-order valence-corrected chi connectivity index (χ1v) is 8.69. The fraction of sp³-hybridized carbons (Fsp3) is 0.389. The molecule has 27 heavy (non-hydrogen) atoms. The van der Waals surface area contributed by atoms with Gasteiger partial charge in [-0.25, -0.2) is 0 Å². The van der Waals surface area contributed by atoms with Crippen molar-refractivity contribution >= 4 is 18.1 Å². The summed E-state index contributed by atoms with van der Waals surface area (Å²) in [5, 5.41) is 2.85. The topological polar surface area (TPSA) is 111 Å². The van der Waals surface area contributed by atoms with E-state index in [1.165, 1.54) is 13.2 Å². The summed E-state index contributed by atoms with van der Waals surface area (Å²) in [4.78, 5) is 27.0. The van der Waals surface area contributed by atoms with Crippen LogP contribution in [0.1, 0.15) is 13.8 Å². The Kier molecular flexibility index (Phi) is 6.40. The Morgan fingerprint density at radius 1 is 1.30 bits per heavy atom. The van der Waals surface area contributed by atoms with Crippen molar-refractivity contribution in [2.75, 3.05) is 20.8 Å². The molecule has 8 nitrogen and oxygen atoms in total. The maximum atomic E-state index is 12.5. The lowest BCUT2D eigenvalue weighted by Gasteiger charge is -2.25. The molecule has 1 amide bonds. The lowest BCUT2D eigenvalue weighted by molar-refractivity contribution is -0.123. The molecular weight excluding hydrogens is 368 g/mol. The van der Waals surface area contributed by atoms with E-state index in [0.29, 0.717) is 22.8 Å². The maximum Gasteiger partial charge on any atom is 0.252 e. The smallest absolute Gasteiger partial charge is 0.252 e. The van der Waals surface area contributed by atoms with E-state index in [-0.39, 0.29) is 29.3 Å². The lowest BCUT2D eigenvalue weighted by atomic mass is 10.1. The first-order valence-electron chi connectivity index (χ1n) is 8.28. The number of methoxy groups -OCH3 is 2. The van der Waals surface area contributed by atoms with Gasteiger partial charge in [-0.05, 0) is 38.2 Å². The minimum absolute atomic E-state index is 0.0798. The van der Waals surface area contributed by atoms with Gasteiger partial charge in [0.05, 0.1) is 19.9 Å². The normalized spacial score (nSPS) is 11.1. The molecule has 0 saturated heterocycles. The lowest BCUT2D eigenvalue weighted by Crippen LogP contribution is -2.50. The van der Waals surface area contributed by atoms with Gasteiger partial charge in [-0.1, -0.05) is 0 Å². The van der Waals surface area contributed by atoms with E-state index in [4.69, 9.17) is 27.4 Å². The van der Waals surface area contributed by atoms with Crippen molar-refractivity contribution < 1.29 is 14.3 Å². The van der Waals surface area contributed by atoms with Gasteiger partial charge in [0.15, 0.2) is 4.77 Å². The average Bonchev–Trinajstić information content (AvgIpc) is 2.62. The molecule has 2 rings (SSSR count). The summed E-state index contributed by atoms with van der Waals surface area (Å²) in [5.41, 5.74) is 5.82. The zero-order chi connectivity index (χ0) is 20.2. The Hall–Kier alpha value is -2.65. The average molecular weight is 392 g/mol. The number of aromatic amines is 1. The summed E-state index contributed by atoms with van der Waals surface area (Å²) in [7, 11) is 3.06. The number of nitrogens with two attached hydrogens (primary N) is 1. The number of ether oxygens (including phenoxy) is 2. The molecule has 1 aromatic heterocycles. The molecule has 0 aliphatic heterocycles. The highest BCUT2D eigenvalue weighted by molar-refractivity contribution is 7.71. The van der Waals surface area contributed by atoms with Crippen molar-refractivity contribution in [3.63, 3.8) is 0 Å². The SMILES string of the molecule is COc1ccc(-c2cc(=O)[nH]c(=S)n2CC(=O)NC(C)(C)CN)c(OC)c1. The van der Waals surface area contributed by atoms with Gasteiger partial charge in [-0.15, -0.1) is 0 Å². The van der Waals surface area contributed by atoms with E-state index in [2.05, 4.69) is 10.3 Å². The maximum absolute atomic E-state index is 12.5. The Morgan fingerprint density at radius 3 is 2.59 bits per heavy atom. The van der Waals surface area contributed by atoms with E-state index in [1.54, 1.807) is 29.9 Å². The summed E-state index contributed by atoms with van der Waals surface area (Å²) in [6.45, 7) is 3.85. The monoisotopic (exact) mass is 392 g/mol. The number of nitrogens with one attached hydrogen (secondary N) is 2. The Balaban J connectivity index is 2.54. The number of benzene rings is 1. The van der Waals surface area contributed by atoms with Crippen molar-refractivity contribution in [1.29, 1.82) is 0 Å².